The zero-order valence-corrected chi connectivity index (χ0v) is 9.98. The van der Waals surface area contributed by atoms with Gasteiger partial charge >= 0.3 is 0 Å². The molecule has 0 aliphatic rings. The lowest BCUT2D eigenvalue weighted by Gasteiger charge is -2.09. The highest BCUT2D eigenvalue weighted by Crippen LogP contribution is 2.05. The molecule has 1 heterocycles. The Kier molecular flexibility index (Phi) is 6.00. The molecule has 4 nitrogen and oxygen atoms in total. The summed E-state index contributed by atoms with van der Waals surface area (Å²) in [6.45, 7) is 6.22. The van der Waals surface area contributed by atoms with Crippen LogP contribution in [0.1, 0.15) is 25.1 Å². The molecule has 0 fully saturated rings. The second kappa shape index (κ2) is 7.33. The fourth-order valence-corrected chi connectivity index (χ4v) is 1.31. The van der Waals surface area contributed by atoms with Crippen LogP contribution < -0.4 is 5.73 Å². The highest BCUT2D eigenvalue weighted by atomic mass is 16.5. The molecule has 0 spiro atoms. The Morgan fingerprint density at radius 3 is 2.88 bits per heavy atom. The minimum Gasteiger partial charge on any atom is -0.376 e. The van der Waals surface area contributed by atoms with E-state index in [-0.39, 0.29) is 6.10 Å². The molecule has 0 saturated carbocycles. The van der Waals surface area contributed by atoms with E-state index >= 15 is 0 Å². The van der Waals surface area contributed by atoms with Crippen molar-refractivity contribution in [2.45, 2.75) is 33.1 Å². The van der Waals surface area contributed by atoms with Gasteiger partial charge in [0.15, 0.2) is 0 Å². The van der Waals surface area contributed by atoms with E-state index in [2.05, 4.69) is 4.98 Å². The van der Waals surface area contributed by atoms with E-state index in [9.17, 15) is 0 Å². The average Bonchev–Trinajstić information content (AvgIpc) is 2.29. The monoisotopic (exact) mass is 224 g/mol. The van der Waals surface area contributed by atoms with Crippen LogP contribution in [-0.4, -0.2) is 24.3 Å². The molecule has 90 valence electrons. The number of ether oxygens (including phenoxy) is 2. The van der Waals surface area contributed by atoms with Crippen LogP contribution in [0.25, 0.3) is 0 Å². The van der Waals surface area contributed by atoms with Crippen LogP contribution >= 0.6 is 0 Å². The number of aromatic nitrogens is 1. The van der Waals surface area contributed by atoms with E-state index in [0.29, 0.717) is 26.4 Å². The third-order valence-corrected chi connectivity index (χ3v) is 2.11. The number of rotatable bonds is 7. The highest BCUT2D eigenvalue weighted by molar-refractivity contribution is 5.18. The Hall–Kier alpha value is -0.970. The molecule has 0 aliphatic carbocycles. The SMILES string of the molecule is CC(C)OCCOCc1cccnc1CN. The standard InChI is InChI=1S/C12H20N2O2/c1-10(2)16-7-6-15-9-11-4-3-5-14-12(11)8-13/h3-5,10H,6-9,13H2,1-2H3. The summed E-state index contributed by atoms with van der Waals surface area (Å²) in [4.78, 5) is 4.19. The van der Waals surface area contributed by atoms with E-state index in [4.69, 9.17) is 15.2 Å². The van der Waals surface area contributed by atoms with Crippen molar-refractivity contribution in [1.29, 1.82) is 0 Å². The van der Waals surface area contributed by atoms with Crippen LogP contribution in [0, 0.1) is 0 Å². The molecule has 16 heavy (non-hydrogen) atoms. The first kappa shape index (κ1) is 13.1. The van der Waals surface area contributed by atoms with E-state index in [0.717, 1.165) is 11.3 Å². The Bertz CT molecular complexity index is 303. The molecule has 0 amide bonds. The molecule has 0 aliphatic heterocycles. The van der Waals surface area contributed by atoms with Crippen LogP contribution in [0.4, 0.5) is 0 Å². The van der Waals surface area contributed by atoms with Gasteiger partial charge in [-0.05, 0) is 19.9 Å². The zero-order chi connectivity index (χ0) is 11.8. The van der Waals surface area contributed by atoms with Crippen molar-refractivity contribution in [3.63, 3.8) is 0 Å². The molecule has 0 saturated heterocycles. The molecule has 0 unspecified atom stereocenters. The van der Waals surface area contributed by atoms with Gasteiger partial charge in [0.25, 0.3) is 0 Å². The lowest BCUT2D eigenvalue weighted by atomic mass is 10.2. The van der Waals surface area contributed by atoms with Gasteiger partial charge in [-0.25, -0.2) is 0 Å². The van der Waals surface area contributed by atoms with Gasteiger partial charge in [0.2, 0.25) is 0 Å². The van der Waals surface area contributed by atoms with Gasteiger partial charge in [-0.2, -0.15) is 0 Å². The normalized spacial score (nSPS) is 11.0. The fourth-order valence-electron chi connectivity index (χ4n) is 1.31. The molecule has 2 N–H and O–H groups in total. The molecular formula is C12H20N2O2. The third-order valence-electron chi connectivity index (χ3n) is 2.11. The summed E-state index contributed by atoms with van der Waals surface area (Å²) in [5, 5.41) is 0. The highest BCUT2D eigenvalue weighted by Gasteiger charge is 2.01. The molecule has 1 aromatic heterocycles. The first-order chi connectivity index (χ1) is 7.74. The summed E-state index contributed by atoms with van der Waals surface area (Å²) >= 11 is 0. The molecular weight excluding hydrogens is 204 g/mol. The van der Waals surface area contributed by atoms with Crippen molar-refractivity contribution in [3.8, 4) is 0 Å². The molecule has 0 radical (unpaired) electrons. The lowest BCUT2D eigenvalue weighted by molar-refractivity contribution is 0.0141. The minimum atomic E-state index is 0.251. The Morgan fingerprint density at radius 1 is 1.38 bits per heavy atom. The van der Waals surface area contributed by atoms with Gasteiger partial charge in [0.1, 0.15) is 0 Å². The van der Waals surface area contributed by atoms with Crippen LogP contribution in [0.3, 0.4) is 0 Å². The number of nitrogens with two attached hydrogens (primary N) is 1. The summed E-state index contributed by atoms with van der Waals surface area (Å²) in [7, 11) is 0. The quantitative estimate of drug-likeness (QED) is 0.713. The second-order valence-electron chi connectivity index (χ2n) is 3.79. The topological polar surface area (TPSA) is 57.4 Å². The summed E-state index contributed by atoms with van der Waals surface area (Å²) < 4.78 is 10.9. The van der Waals surface area contributed by atoms with Crippen LogP contribution in [-0.2, 0) is 22.6 Å². The van der Waals surface area contributed by atoms with Crippen molar-refractivity contribution >= 4 is 0 Å². The molecule has 1 rings (SSSR count). The number of nitrogens with zero attached hydrogens (tertiary/aromatic N) is 1. The Morgan fingerprint density at radius 2 is 2.19 bits per heavy atom. The van der Waals surface area contributed by atoms with Crippen LogP contribution in [0.5, 0.6) is 0 Å². The largest absolute Gasteiger partial charge is 0.376 e. The summed E-state index contributed by atoms with van der Waals surface area (Å²) in [6, 6.07) is 3.88. The van der Waals surface area contributed by atoms with Crippen molar-refractivity contribution in [2.75, 3.05) is 13.2 Å². The first-order valence-electron chi connectivity index (χ1n) is 5.56. The van der Waals surface area contributed by atoms with Gasteiger partial charge in [0, 0.05) is 18.3 Å². The van der Waals surface area contributed by atoms with E-state index < -0.39 is 0 Å². The molecule has 0 aromatic carbocycles. The maximum Gasteiger partial charge on any atom is 0.0736 e. The Balaban J connectivity index is 2.26. The van der Waals surface area contributed by atoms with Crippen molar-refractivity contribution < 1.29 is 9.47 Å². The molecule has 1 aromatic rings. The van der Waals surface area contributed by atoms with Gasteiger partial charge < -0.3 is 15.2 Å². The predicted octanol–water partition coefficient (Wildman–Crippen LogP) is 1.48. The van der Waals surface area contributed by atoms with Gasteiger partial charge in [-0.1, -0.05) is 6.07 Å². The Labute approximate surface area is 96.8 Å². The number of hydrogen-bond donors (Lipinski definition) is 1. The van der Waals surface area contributed by atoms with Crippen LogP contribution in [0.2, 0.25) is 0 Å². The van der Waals surface area contributed by atoms with E-state index in [1.807, 2.05) is 26.0 Å². The summed E-state index contributed by atoms with van der Waals surface area (Å²) in [5.74, 6) is 0. The lowest BCUT2D eigenvalue weighted by Crippen LogP contribution is -2.11. The van der Waals surface area contributed by atoms with Crippen LogP contribution in [0.15, 0.2) is 18.3 Å². The van der Waals surface area contributed by atoms with Gasteiger partial charge in [-0.3, -0.25) is 4.98 Å². The first-order valence-corrected chi connectivity index (χ1v) is 5.56. The minimum absolute atomic E-state index is 0.251. The third kappa shape index (κ3) is 4.70. The van der Waals surface area contributed by atoms with Gasteiger partial charge in [0.05, 0.1) is 31.6 Å². The molecule has 4 heteroatoms. The smallest absolute Gasteiger partial charge is 0.0736 e. The second-order valence-corrected chi connectivity index (χ2v) is 3.79. The predicted molar refractivity (Wildman–Crippen MR) is 62.9 cm³/mol. The van der Waals surface area contributed by atoms with Crippen molar-refractivity contribution in [2.24, 2.45) is 5.73 Å². The zero-order valence-electron chi connectivity index (χ0n) is 9.98. The van der Waals surface area contributed by atoms with Gasteiger partial charge in [-0.15, -0.1) is 0 Å². The number of pyridine rings is 1. The molecule has 0 atom stereocenters. The van der Waals surface area contributed by atoms with Crippen molar-refractivity contribution in [3.05, 3.63) is 29.6 Å². The van der Waals surface area contributed by atoms with E-state index in [1.54, 1.807) is 6.20 Å². The maximum absolute atomic E-state index is 5.58. The summed E-state index contributed by atoms with van der Waals surface area (Å²) in [5.41, 5.74) is 7.52. The fraction of sp³-hybridized carbons (Fsp3) is 0.583. The molecule has 0 bridgehead atoms. The summed E-state index contributed by atoms with van der Waals surface area (Å²) in [6.07, 6.45) is 2.00. The van der Waals surface area contributed by atoms with Crippen molar-refractivity contribution in [1.82, 2.24) is 4.98 Å². The maximum atomic E-state index is 5.58. The average molecular weight is 224 g/mol. The number of hydrogen-bond acceptors (Lipinski definition) is 4. The van der Waals surface area contributed by atoms with E-state index in [1.165, 1.54) is 0 Å².